The monoisotopic (exact) mass is 262 g/mol. The van der Waals surface area contributed by atoms with Crippen molar-refractivity contribution in [1.29, 1.82) is 0 Å². The van der Waals surface area contributed by atoms with Gasteiger partial charge in [-0.2, -0.15) is 5.10 Å². The van der Waals surface area contributed by atoms with Crippen LogP contribution >= 0.6 is 0 Å². The number of aromatic nitrogens is 3. The number of anilines is 1. The maximum atomic E-state index is 11.5. The number of hydrogen-bond acceptors (Lipinski definition) is 5. The Morgan fingerprint density at radius 2 is 2.32 bits per heavy atom. The average Bonchev–Trinajstić information content (AvgIpc) is 2.77. The summed E-state index contributed by atoms with van der Waals surface area (Å²) in [7, 11) is 3.31. The molecule has 1 unspecified atom stereocenters. The first-order valence-corrected chi connectivity index (χ1v) is 6.13. The van der Waals surface area contributed by atoms with Crippen molar-refractivity contribution >= 4 is 17.3 Å². The molecule has 0 fully saturated rings. The summed E-state index contributed by atoms with van der Waals surface area (Å²) in [5.74, 6) is 0.378. The second kappa shape index (κ2) is 5.26. The Morgan fingerprint density at radius 1 is 1.58 bits per heavy atom. The molecule has 0 aliphatic heterocycles. The Bertz CT molecular complexity index is 593. The summed E-state index contributed by atoms with van der Waals surface area (Å²) in [5.41, 5.74) is 1.86. The smallest absolute Gasteiger partial charge is 0.310 e. The Kier molecular flexibility index (Phi) is 3.69. The van der Waals surface area contributed by atoms with Gasteiger partial charge in [-0.1, -0.05) is 6.92 Å². The normalized spacial score (nSPS) is 12.4. The fourth-order valence-corrected chi connectivity index (χ4v) is 2.10. The van der Waals surface area contributed by atoms with E-state index in [0.29, 0.717) is 6.54 Å². The van der Waals surface area contributed by atoms with E-state index in [-0.39, 0.29) is 11.9 Å². The third-order valence-electron chi connectivity index (χ3n) is 3.00. The van der Waals surface area contributed by atoms with Gasteiger partial charge in [0.1, 0.15) is 5.52 Å². The fourth-order valence-electron chi connectivity index (χ4n) is 2.10. The predicted molar refractivity (Wildman–Crippen MR) is 72.2 cm³/mol. The van der Waals surface area contributed by atoms with Crippen LogP contribution in [0.5, 0.6) is 0 Å². The highest BCUT2D eigenvalue weighted by molar-refractivity contribution is 5.74. The van der Waals surface area contributed by atoms with Crippen LogP contribution in [-0.4, -0.2) is 41.3 Å². The number of esters is 1. The van der Waals surface area contributed by atoms with Crippen LogP contribution in [0.25, 0.3) is 5.52 Å². The Labute approximate surface area is 112 Å². The molecule has 2 aromatic heterocycles. The van der Waals surface area contributed by atoms with E-state index in [1.54, 1.807) is 10.7 Å². The van der Waals surface area contributed by atoms with Crippen molar-refractivity contribution in [2.75, 3.05) is 25.6 Å². The largest absolute Gasteiger partial charge is 0.469 e. The van der Waals surface area contributed by atoms with Gasteiger partial charge in [-0.25, -0.2) is 9.50 Å². The lowest BCUT2D eigenvalue weighted by Crippen LogP contribution is -2.30. The molecule has 0 aliphatic carbocycles. The number of methoxy groups -OCH3 is 1. The highest BCUT2D eigenvalue weighted by Gasteiger charge is 2.18. The van der Waals surface area contributed by atoms with Gasteiger partial charge in [0.15, 0.2) is 5.82 Å². The molecule has 1 atom stereocenters. The van der Waals surface area contributed by atoms with Gasteiger partial charge in [0, 0.05) is 26.0 Å². The molecular weight excluding hydrogens is 244 g/mol. The summed E-state index contributed by atoms with van der Waals surface area (Å²) in [5, 5.41) is 4.35. The third kappa shape index (κ3) is 2.67. The zero-order chi connectivity index (χ0) is 14.0. The number of fused-ring (bicyclic) bond motifs is 1. The minimum absolute atomic E-state index is 0.207. The van der Waals surface area contributed by atoms with Gasteiger partial charge in [0.2, 0.25) is 0 Å². The molecule has 0 aromatic carbocycles. The zero-order valence-corrected chi connectivity index (χ0v) is 11.6. The van der Waals surface area contributed by atoms with E-state index in [1.807, 2.05) is 38.1 Å². The van der Waals surface area contributed by atoms with Gasteiger partial charge in [-0.05, 0) is 13.0 Å². The highest BCUT2D eigenvalue weighted by atomic mass is 16.5. The lowest BCUT2D eigenvalue weighted by atomic mass is 10.2. The van der Waals surface area contributed by atoms with Crippen LogP contribution < -0.4 is 4.90 Å². The average molecular weight is 262 g/mol. The van der Waals surface area contributed by atoms with Crippen LogP contribution in [0.2, 0.25) is 0 Å². The summed E-state index contributed by atoms with van der Waals surface area (Å²) in [6.07, 6.45) is 3.51. The minimum Gasteiger partial charge on any atom is -0.469 e. The van der Waals surface area contributed by atoms with Crippen molar-refractivity contribution in [2.24, 2.45) is 5.92 Å². The number of rotatable bonds is 4. The topological polar surface area (TPSA) is 59.7 Å². The van der Waals surface area contributed by atoms with Gasteiger partial charge in [-0.15, -0.1) is 0 Å². The standard InChI is InChI=1S/C13H18N4O2/c1-9(13(18)19-4)8-16(3)12-11-7-10(2)15-17(11)6-5-14-12/h5-7,9H,8H2,1-4H3. The number of carbonyl (C=O) groups is 1. The summed E-state index contributed by atoms with van der Waals surface area (Å²) in [6, 6.07) is 1.97. The molecule has 19 heavy (non-hydrogen) atoms. The van der Waals surface area contributed by atoms with Crippen LogP contribution in [0.3, 0.4) is 0 Å². The minimum atomic E-state index is -0.219. The molecule has 0 bridgehead atoms. The molecule has 2 rings (SSSR count). The van der Waals surface area contributed by atoms with Gasteiger partial charge >= 0.3 is 5.97 Å². The van der Waals surface area contributed by atoms with E-state index < -0.39 is 0 Å². The van der Waals surface area contributed by atoms with Crippen LogP contribution in [0.4, 0.5) is 5.82 Å². The lowest BCUT2D eigenvalue weighted by Gasteiger charge is -2.21. The van der Waals surface area contributed by atoms with Crippen molar-refractivity contribution in [1.82, 2.24) is 14.6 Å². The van der Waals surface area contributed by atoms with Crippen molar-refractivity contribution in [3.8, 4) is 0 Å². The number of nitrogens with zero attached hydrogens (tertiary/aromatic N) is 4. The molecule has 102 valence electrons. The summed E-state index contributed by atoms with van der Waals surface area (Å²) >= 11 is 0. The van der Waals surface area contributed by atoms with Crippen LogP contribution in [0.1, 0.15) is 12.6 Å². The van der Waals surface area contributed by atoms with Crippen LogP contribution in [0, 0.1) is 12.8 Å². The SMILES string of the molecule is COC(=O)C(C)CN(C)c1nccn2nc(C)cc12. The zero-order valence-electron chi connectivity index (χ0n) is 11.6. The third-order valence-corrected chi connectivity index (χ3v) is 3.00. The van der Waals surface area contributed by atoms with Crippen molar-refractivity contribution in [3.05, 3.63) is 24.2 Å². The molecule has 0 spiro atoms. The number of hydrogen-bond donors (Lipinski definition) is 0. The first-order valence-electron chi connectivity index (χ1n) is 6.13. The molecule has 0 saturated heterocycles. The lowest BCUT2D eigenvalue weighted by molar-refractivity contribution is -0.144. The van der Waals surface area contributed by atoms with Crippen LogP contribution in [-0.2, 0) is 9.53 Å². The molecule has 2 heterocycles. The quantitative estimate of drug-likeness (QED) is 0.777. The van der Waals surface area contributed by atoms with Crippen molar-refractivity contribution < 1.29 is 9.53 Å². The summed E-state index contributed by atoms with van der Waals surface area (Å²) < 4.78 is 6.53. The fraction of sp³-hybridized carbons (Fsp3) is 0.462. The van der Waals surface area contributed by atoms with E-state index in [9.17, 15) is 4.79 Å². The number of carbonyl (C=O) groups excluding carboxylic acids is 1. The predicted octanol–water partition coefficient (Wildman–Crippen LogP) is 1.28. The van der Waals surface area contributed by atoms with Crippen molar-refractivity contribution in [2.45, 2.75) is 13.8 Å². The van der Waals surface area contributed by atoms with Gasteiger partial charge in [0.05, 0.1) is 18.7 Å². The van der Waals surface area contributed by atoms with E-state index in [2.05, 4.69) is 10.1 Å². The van der Waals surface area contributed by atoms with Gasteiger partial charge in [0.25, 0.3) is 0 Å². The Balaban J connectivity index is 2.26. The van der Waals surface area contributed by atoms with E-state index in [4.69, 9.17) is 4.74 Å². The molecule has 6 nitrogen and oxygen atoms in total. The molecule has 2 aromatic rings. The first-order chi connectivity index (χ1) is 9.02. The summed E-state index contributed by atoms with van der Waals surface area (Å²) in [6.45, 7) is 4.32. The van der Waals surface area contributed by atoms with E-state index in [1.165, 1.54) is 7.11 Å². The van der Waals surface area contributed by atoms with Crippen molar-refractivity contribution in [3.63, 3.8) is 0 Å². The molecular formula is C13H18N4O2. The van der Waals surface area contributed by atoms with Gasteiger partial charge in [-0.3, -0.25) is 4.79 Å². The molecule has 0 N–H and O–H groups in total. The number of aryl methyl sites for hydroxylation is 1. The molecule has 0 amide bonds. The summed E-state index contributed by atoms with van der Waals surface area (Å²) in [4.78, 5) is 17.8. The highest BCUT2D eigenvalue weighted by Crippen LogP contribution is 2.19. The maximum Gasteiger partial charge on any atom is 0.310 e. The number of ether oxygens (including phenoxy) is 1. The molecule has 0 radical (unpaired) electrons. The second-order valence-electron chi connectivity index (χ2n) is 4.67. The second-order valence-corrected chi connectivity index (χ2v) is 4.67. The van der Waals surface area contributed by atoms with Gasteiger partial charge < -0.3 is 9.64 Å². The maximum absolute atomic E-state index is 11.5. The van der Waals surface area contributed by atoms with E-state index >= 15 is 0 Å². The Hall–Kier alpha value is -2.11. The first kappa shape index (κ1) is 13.3. The molecule has 6 heteroatoms. The Morgan fingerprint density at radius 3 is 3.00 bits per heavy atom. The molecule has 0 aliphatic rings. The van der Waals surface area contributed by atoms with E-state index in [0.717, 1.165) is 17.0 Å². The van der Waals surface area contributed by atoms with Crippen LogP contribution in [0.15, 0.2) is 18.5 Å². The molecule has 0 saturated carbocycles.